The van der Waals surface area contributed by atoms with E-state index in [0.29, 0.717) is 13.1 Å². The normalized spacial score (nSPS) is 16.1. The second kappa shape index (κ2) is 5.97. The van der Waals surface area contributed by atoms with Crippen molar-refractivity contribution < 1.29 is 23.1 Å². The highest BCUT2D eigenvalue weighted by molar-refractivity contribution is 7.89. The molecule has 1 amide bonds. The first-order valence-corrected chi connectivity index (χ1v) is 7.03. The number of likely N-dealkylation sites (tertiary alicyclic amines) is 1. The lowest BCUT2D eigenvalue weighted by Gasteiger charge is -2.15. The topological polar surface area (TPSA) is 104 Å². The predicted molar refractivity (Wildman–Crippen MR) is 59.9 cm³/mol. The number of aliphatic carboxylic acids is 1. The molecule has 1 saturated heterocycles. The number of rotatable bonds is 6. The van der Waals surface area contributed by atoms with Gasteiger partial charge in [0.2, 0.25) is 15.9 Å². The first kappa shape index (κ1) is 13.9. The molecule has 98 valence electrons. The number of nitrogens with zero attached hydrogens (tertiary/aromatic N) is 1. The van der Waals surface area contributed by atoms with Crippen LogP contribution in [-0.4, -0.2) is 55.7 Å². The highest BCUT2D eigenvalue weighted by Crippen LogP contribution is 2.06. The van der Waals surface area contributed by atoms with Crippen LogP contribution >= 0.6 is 0 Å². The van der Waals surface area contributed by atoms with Gasteiger partial charge in [0.25, 0.3) is 0 Å². The van der Waals surface area contributed by atoms with Gasteiger partial charge in [-0.15, -0.1) is 0 Å². The minimum absolute atomic E-state index is 0.263. The second-order valence-electron chi connectivity index (χ2n) is 3.87. The summed E-state index contributed by atoms with van der Waals surface area (Å²) >= 11 is 0. The van der Waals surface area contributed by atoms with Crippen LogP contribution in [0, 0.1) is 0 Å². The fourth-order valence-electron chi connectivity index (χ4n) is 1.54. The van der Waals surface area contributed by atoms with Gasteiger partial charge < -0.3 is 10.0 Å². The Balaban J connectivity index is 2.33. The van der Waals surface area contributed by atoms with Gasteiger partial charge in [0, 0.05) is 13.1 Å². The molecule has 0 unspecified atom stereocenters. The van der Waals surface area contributed by atoms with Gasteiger partial charge in [0.05, 0.1) is 18.7 Å². The van der Waals surface area contributed by atoms with E-state index in [2.05, 4.69) is 4.72 Å². The Labute approximate surface area is 99.8 Å². The standard InChI is InChI=1S/C9H16N2O5S/c12-8(11-4-1-2-5-11)7-10-17(15,16)6-3-9(13)14/h10H,1-7H2,(H,13,14). The molecule has 0 aromatic heterocycles. The predicted octanol–water partition coefficient (Wildman–Crippen LogP) is -0.997. The average molecular weight is 264 g/mol. The van der Waals surface area contributed by atoms with Crippen LogP contribution in [0.3, 0.4) is 0 Å². The molecule has 1 aliphatic rings. The summed E-state index contributed by atoms with van der Waals surface area (Å²) in [5.41, 5.74) is 0. The molecule has 2 N–H and O–H groups in total. The van der Waals surface area contributed by atoms with E-state index in [0.717, 1.165) is 12.8 Å². The highest BCUT2D eigenvalue weighted by Gasteiger charge is 2.20. The van der Waals surface area contributed by atoms with E-state index in [1.165, 1.54) is 0 Å². The number of carboxylic acids is 1. The Morgan fingerprint density at radius 3 is 2.35 bits per heavy atom. The fourth-order valence-corrected chi connectivity index (χ4v) is 2.47. The molecule has 0 saturated carbocycles. The summed E-state index contributed by atoms with van der Waals surface area (Å²) in [6.45, 7) is 1.04. The summed E-state index contributed by atoms with van der Waals surface area (Å²) < 4.78 is 24.7. The molecule has 1 aliphatic heterocycles. The van der Waals surface area contributed by atoms with Crippen LogP contribution in [0.2, 0.25) is 0 Å². The smallest absolute Gasteiger partial charge is 0.304 e. The van der Waals surface area contributed by atoms with E-state index < -0.39 is 28.2 Å². The van der Waals surface area contributed by atoms with Crippen molar-refractivity contribution in [1.29, 1.82) is 0 Å². The number of carbonyl (C=O) groups excluding carboxylic acids is 1. The number of carboxylic acid groups (broad SMARTS) is 1. The third-order valence-corrected chi connectivity index (χ3v) is 3.81. The molecule has 0 atom stereocenters. The summed E-state index contributed by atoms with van der Waals surface area (Å²) in [7, 11) is -3.68. The molecule has 1 heterocycles. The van der Waals surface area contributed by atoms with Crippen molar-refractivity contribution in [2.45, 2.75) is 19.3 Å². The van der Waals surface area contributed by atoms with Crippen LogP contribution < -0.4 is 4.72 Å². The Morgan fingerprint density at radius 2 is 1.82 bits per heavy atom. The first-order chi connectivity index (χ1) is 7.91. The number of amides is 1. The number of hydrogen-bond donors (Lipinski definition) is 2. The quantitative estimate of drug-likeness (QED) is 0.640. The molecule has 0 spiro atoms. The van der Waals surface area contributed by atoms with Crippen molar-refractivity contribution in [2.24, 2.45) is 0 Å². The summed E-state index contributed by atoms with van der Waals surface area (Å²) in [5.74, 6) is -1.95. The summed E-state index contributed by atoms with van der Waals surface area (Å²) in [6.07, 6.45) is 1.42. The molecular formula is C9H16N2O5S. The lowest BCUT2D eigenvalue weighted by molar-refractivity contribution is -0.136. The summed E-state index contributed by atoms with van der Waals surface area (Å²) in [5, 5.41) is 8.36. The monoisotopic (exact) mass is 264 g/mol. The van der Waals surface area contributed by atoms with Crippen LogP contribution in [0.4, 0.5) is 0 Å². The van der Waals surface area contributed by atoms with E-state index in [4.69, 9.17) is 5.11 Å². The Hall–Kier alpha value is -1.15. The van der Waals surface area contributed by atoms with E-state index in [9.17, 15) is 18.0 Å². The summed E-state index contributed by atoms with van der Waals surface area (Å²) in [6, 6.07) is 0. The van der Waals surface area contributed by atoms with Gasteiger partial charge in [-0.25, -0.2) is 13.1 Å². The highest BCUT2D eigenvalue weighted by atomic mass is 32.2. The minimum Gasteiger partial charge on any atom is -0.481 e. The van der Waals surface area contributed by atoms with Crippen LogP contribution in [0.15, 0.2) is 0 Å². The maximum Gasteiger partial charge on any atom is 0.304 e. The second-order valence-corrected chi connectivity index (χ2v) is 5.80. The molecule has 17 heavy (non-hydrogen) atoms. The Morgan fingerprint density at radius 1 is 1.24 bits per heavy atom. The van der Waals surface area contributed by atoms with Crippen LogP contribution in [0.25, 0.3) is 0 Å². The van der Waals surface area contributed by atoms with Crippen molar-refractivity contribution >= 4 is 21.9 Å². The van der Waals surface area contributed by atoms with Crippen molar-refractivity contribution in [3.05, 3.63) is 0 Å². The van der Waals surface area contributed by atoms with E-state index >= 15 is 0 Å². The van der Waals surface area contributed by atoms with Gasteiger partial charge in [-0.05, 0) is 12.8 Å². The lowest BCUT2D eigenvalue weighted by atomic mass is 10.4. The van der Waals surface area contributed by atoms with Gasteiger partial charge in [0.15, 0.2) is 0 Å². The molecule has 8 heteroatoms. The summed E-state index contributed by atoms with van der Waals surface area (Å²) in [4.78, 5) is 23.3. The molecule has 0 aromatic carbocycles. The van der Waals surface area contributed by atoms with E-state index in [1.54, 1.807) is 4.90 Å². The van der Waals surface area contributed by atoms with Gasteiger partial charge >= 0.3 is 5.97 Å². The van der Waals surface area contributed by atoms with Crippen molar-refractivity contribution in [1.82, 2.24) is 9.62 Å². The van der Waals surface area contributed by atoms with E-state index in [-0.39, 0.29) is 12.5 Å². The molecule has 0 aromatic rings. The first-order valence-electron chi connectivity index (χ1n) is 5.37. The van der Waals surface area contributed by atoms with Crippen LogP contribution in [-0.2, 0) is 19.6 Å². The zero-order chi connectivity index (χ0) is 12.9. The Bertz CT molecular complexity index is 386. The van der Waals surface area contributed by atoms with Crippen molar-refractivity contribution in [3.63, 3.8) is 0 Å². The number of hydrogen-bond acceptors (Lipinski definition) is 4. The minimum atomic E-state index is -3.68. The molecule has 1 fully saturated rings. The largest absolute Gasteiger partial charge is 0.481 e. The number of nitrogens with one attached hydrogen (secondary N) is 1. The molecule has 1 rings (SSSR count). The maximum absolute atomic E-state index is 11.5. The third kappa shape index (κ3) is 5.14. The lowest BCUT2D eigenvalue weighted by Crippen LogP contribution is -2.39. The fraction of sp³-hybridized carbons (Fsp3) is 0.778. The van der Waals surface area contributed by atoms with Crippen molar-refractivity contribution in [3.8, 4) is 0 Å². The number of carbonyl (C=O) groups is 2. The van der Waals surface area contributed by atoms with Gasteiger partial charge in [-0.2, -0.15) is 0 Å². The van der Waals surface area contributed by atoms with Gasteiger partial charge in [-0.1, -0.05) is 0 Å². The van der Waals surface area contributed by atoms with Crippen LogP contribution in [0.1, 0.15) is 19.3 Å². The van der Waals surface area contributed by atoms with Crippen molar-refractivity contribution in [2.75, 3.05) is 25.4 Å². The molecule has 7 nitrogen and oxygen atoms in total. The van der Waals surface area contributed by atoms with Gasteiger partial charge in [-0.3, -0.25) is 9.59 Å². The molecular weight excluding hydrogens is 248 g/mol. The third-order valence-electron chi connectivity index (χ3n) is 2.49. The molecule has 0 radical (unpaired) electrons. The molecule has 0 bridgehead atoms. The SMILES string of the molecule is O=C(O)CCS(=O)(=O)NCC(=O)N1CCCC1. The van der Waals surface area contributed by atoms with Gasteiger partial charge in [0.1, 0.15) is 0 Å². The average Bonchev–Trinajstić information content (AvgIpc) is 2.77. The zero-order valence-electron chi connectivity index (χ0n) is 9.39. The number of sulfonamides is 1. The molecule has 0 aliphatic carbocycles. The van der Waals surface area contributed by atoms with Crippen LogP contribution in [0.5, 0.6) is 0 Å². The zero-order valence-corrected chi connectivity index (χ0v) is 10.2. The maximum atomic E-state index is 11.5. The Kier molecular flexibility index (Phi) is 4.88. The van der Waals surface area contributed by atoms with E-state index in [1.807, 2.05) is 0 Å².